The molecular formula is C13H23N5S2. The predicted octanol–water partition coefficient (Wildman–Crippen LogP) is 2.76. The third-order valence-electron chi connectivity index (χ3n) is 2.84. The van der Waals surface area contributed by atoms with E-state index in [-0.39, 0.29) is 0 Å². The van der Waals surface area contributed by atoms with Gasteiger partial charge >= 0.3 is 0 Å². The first kappa shape index (κ1) is 17.2. The minimum absolute atomic E-state index is 0.410. The number of thioether (sulfide) groups is 1. The molecule has 1 aromatic rings. The Morgan fingerprint density at radius 1 is 1.45 bits per heavy atom. The van der Waals surface area contributed by atoms with Crippen LogP contribution in [-0.2, 0) is 0 Å². The molecule has 0 aliphatic heterocycles. The largest absolute Gasteiger partial charge is 0.353 e. The smallest absolute Gasteiger partial charge is 0.208 e. The van der Waals surface area contributed by atoms with Crippen LogP contribution in [0.4, 0.5) is 5.13 Å². The average Bonchev–Trinajstić information content (AvgIpc) is 2.90. The zero-order valence-corrected chi connectivity index (χ0v) is 14.3. The Bertz CT molecular complexity index is 440. The quantitative estimate of drug-likeness (QED) is 0.558. The van der Waals surface area contributed by atoms with Crippen LogP contribution in [0.1, 0.15) is 33.1 Å². The van der Waals surface area contributed by atoms with Crippen molar-refractivity contribution in [2.45, 2.75) is 43.0 Å². The molecule has 1 unspecified atom stereocenters. The second-order valence-corrected chi connectivity index (χ2v) is 7.37. The molecule has 0 aliphatic rings. The molecule has 0 radical (unpaired) electrons. The first-order valence-corrected chi connectivity index (χ1v) is 8.61. The topological polar surface area (TPSA) is 64.8 Å². The number of hydrogen-bond donors (Lipinski definition) is 1. The SMILES string of the molecule is CCCNC(C)(C#N)CCCSc1nnc(N(C)C)s1. The summed E-state index contributed by atoms with van der Waals surface area (Å²) in [5.41, 5.74) is -0.410. The number of hydrogen-bond acceptors (Lipinski definition) is 7. The van der Waals surface area contributed by atoms with E-state index in [9.17, 15) is 5.26 Å². The highest BCUT2D eigenvalue weighted by Gasteiger charge is 2.21. The van der Waals surface area contributed by atoms with Crippen molar-refractivity contribution in [3.63, 3.8) is 0 Å². The zero-order chi connectivity index (χ0) is 15.0. The van der Waals surface area contributed by atoms with Crippen LogP contribution >= 0.6 is 23.1 Å². The van der Waals surface area contributed by atoms with E-state index in [1.165, 1.54) is 0 Å². The third-order valence-corrected chi connectivity index (χ3v) is 5.15. The Kier molecular flexibility index (Phi) is 7.27. The normalized spacial score (nSPS) is 13.8. The van der Waals surface area contributed by atoms with Crippen LogP contribution in [0.2, 0.25) is 0 Å². The summed E-state index contributed by atoms with van der Waals surface area (Å²) in [6.45, 7) is 4.97. The lowest BCUT2D eigenvalue weighted by molar-refractivity contribution is 0.415. The molecule has 20 heavy (non-hydrogen) atoms. The van der Waals surface area contributed by atoms with Gasteiger partial charge in [-0.1, -0.05) is 30.0 Å². The number of anilines is 1. The molecule has 1 rings (SSSR count). The number of nitrogens with one attached hydrogen (secondary N) is 1. The Labute approximate surface area is 129 Å². The maximum atomic E-state index is 9.25. The van der Waals surface area contributed by atoms with Crippen molar-refractivity contribution >= 4 is 28.2 Å². The molecule has 0 bridgehead atoms. The molecule has 7 heteroatoms. The molecule has 0 aliphatic carbocycles. The van der Waals surface area contributed by atoms with Gasteiger partial charge in [-0.05, 0) is 32.7 Å². The Hall–Kier alpha value is -0.840. The standard InChI is InChI=1S/C13H23N5S2/c1-5-8-15-13(2,10-14)7-6-9-19-12-17-16-11(20-12)18(3)4/h15H,5-9H2,1-4H3. The highest BCUT2D eigenvalue weighted by Crippen LogP contribution is 2.28. The van der Waals surface area contributed by atoms with Gasteiger partial charge in [0, 0.05) is 19.8 Å². The molecule has 0 fully saturated rings. The van der Waals surface area contributed by atoms with Crippen LogP contribution in [-0.4, -0.2) is 42.1 Å². The molecular weight excluding hydrogens is 290 g/mol. The van der Waals surface area contributed by atoms with E-state index in [4.69, 9.17) is 0 Å². The van der Waals surface area contributed by atoms with Gasteiger partial charge in [0.05, 0.1) is 6.07 Å². The Balaban J connectivity index is 2.31. The second-order valence-electron chi connectivity index (χ2n) is 5.07. The molecule has 5 nitrogen and oxygen atoms in total. The summed E-state index contributed by atoms with van der Waals surface area (Å²) in [4.78, 5) is 1.96. The van der Waals surface area contributed by atoms with E-state index >= 15 is 0 Å². The number of rotatable bonds is 9. The van der Waals surface area contributed by atoms with Crippen molar-refractivity contribution in [3.8, 4) is 6.07 Å². The van der Waals surface area contributed by atoms with Gasteiger partial charge in [0.25, 0.3) is 0 Å². The Morgan fingerprint density at radius 2 is 2.20 bits per heavy atom. The molecule has 1 N–H and O–H groups in total. The summed E-state index contributed by atoms with van der Waals surface area (Å²) >= 11 is 3.32. The summed E-state index contributed by atoms with van der Waals surface area (Å²) in [7, 11) is 3.93. The molecule has 0 aromatic carbocycles. The van der Waals surface area contributed by atoms with Gasteiger partial charge in [-0.3, -0.25) is 5.32 Å². The highest BCUT2D eigenvalue weighted by molar-refractivity contribution is 8.01. The lowest BCUT2D eigenvalue weighted by Crippen LogP contribution is -2.41. The van der Waals surface area contributed by atoms with Gasteiger partial charge in [-0.15, -0.1) is 10.2 Å². The van der Waals surface area contributed by atoms with Crippen LogP contribution in [0.5, 0.6) is 0 Å². The minimum Gasteiger partial charge on any atom is -0.353 e. The fraction of sp³-hybridized carbons (Fsp3) is 0.769. The molecule has 0 saturated heterocycles. The molecule has 0 amide bonds. The van der Waals surface area contributed by atoms with E-state index in [1.54, 1.807) is 23.1 Å². The van der Waals surface area contributed by atoms with Crippen LogP contribution < -0.4 is 10.2 Å². The van der Waals surface area contributed by atoms with E-state index < -0.39 is 5.54 Å². The Morgan fingerprint density at radius 3 is 2.75 bits per heavy atom. The lowest BCUT2D eigenvalue weighted by Gasteiger charge is -2.22. The van der Waals surface area contributed by atoms with Crippen LogP contribution in [0.3, 0.4) is 0 Å². The van der Waals surface area contributed by atoms with Crippen molar-refractivity contribution in [2.75, 3.05) is 31.3 Å². The lowest BCUT2D eigenvalue weighted by atomic mass is 9.98. The van der Waals surface area contributed by atoms with Gasteiger partial charge in [-0.25, -0.2) is 0 Å². The maximum Gasteiger partial charge on any atom is 0.208 e. The van der Waals surface area contributed by atoms with Crippen LogP contribution in [0.15, 0.2) is 4.34 Å². The van der Waals surface area contributed by atoms with Gasteiger partial charge < -0.3 is 4.90 Å². The van der Waals surface area contributed by atoms with Crippen molar-refractivity contribution in [2.24, 2.45) is 0 Å². The third kappa shape index (κ3) is 5.65. The van der Waals surface area contributed by atoms with Crippen molar-refractivity contribution < 1.29 is 0 Å². The number of nitrogens with zero attached hydrogens (tertiary/aromatic N) is 4. The number of aromatic nitrogens is 2. The first-order chi connectivity index (χ1) is 9.50. The predicted molar refractivity (Wildman–Crippen MR) is 86.5 cm³/mol. The van der Waals surface area contributed by atoms with Gasteiger partial charge in [0.1, 0.15) is 5.54 Å². The summed E-state index contributed by atoms with van der Waals surface area (Å²) in [6, 6.07) is 2.38. The molecule has 0 spiro atoms. The first-order valence-electron chi connectivity index (χ1n) is 6.80. The van der Waals surface area contributed by atoms with Crippen LogP contribution in [0, 0.1) is 11.3 Å². The summed E-state index contributed by atoms with van der Waals surface area (Å²) in [5.74, 6) is 0.965. The van der Waals surface area contributed by atoms with E-state index in [2.05, 4.69) is 28.5 Å². The van der Waals surface area contributed by atoms with Gasteiger partial charge in [0.15, 0.2) is 4.34 Å². The van der Waals surface area contributed by atoms with E-state index in [1.807, 2.05) is 25.9 Å². The molecule has 0 saturated carbocycles. The van der Waals surface area contributed by atoms with Gasteiger partial charge in [0.2, 0.25) is 5.13 Å². The molecule has 1 atom stereocenters. The fourth-order valence-electron chi connectivity index (χ4n) is 1.61. The molecule has 1 heterocycles. The fourth-order valence-corrected chi connectivity index (χ4v) is 3.38. The molecule has 1 aromatic heterocycles. The summed E-state index contributed by atoms with van der Waals surface area (Å²) < 4.78 is 0.994. The van der Waals surface area contributed by atoms with Crippen molar-refractivity contribution in [1.82, 2.24) is 15.5 Å². The minimum atomic E-state index is -0.410. The highest BCUT2D eigenvalue weighted by atomic mass is 32.2. The summed E-state index contributed by atoms with van der Waals surface area (Å²) in [5, 5.41) is 21.7. The second kappa shape index (κ2) is 8.45. The zero-order valence-electron chi connectivity index (χ0n) is 12.6. The monoisotopic (exact) mass is 313 g/mol. The van der Waals surface area contributed by atoms with E-state index in [0.29, 0.717) is 0 Å². The number of nitriles is 1. The van der Waals surface area contributed by atoms with Crippen LogP contribution in [0.25, 0.3) is 0 Å². The average molecular weight is 313 g/mol. The van der Waals surface area contributed by atoms with E-state index in [0.717, 1.165) is 41.0 Å². The van der Waals surface area contributed by atoms with Crippen molar-refractivity contribution in [3.05, 3.63) is 0 Å². The maximum absolute atomic E-state index is 9.25. The molecule has 112 valence electrons. The van der Waals surface area contributed by atoms with Crippen molar-refractivity contribution in [1.29, 1.82) is 5.26 Å². The van der Waals surface area contributed by atoms with Gasteiger partial charge in [-0.2, -0.15) is 5.26 Å². The summed E-state index contributed by atoms with van der Waals surface area (Å²) in [6.07, 6.45) is 2.89.